The number of carbonyl (C=O) groups excluding carboxylic acids is 2. The Morgan fingerprint density at radius 3 is 1.83 bits per heavy atom. The molecule has 0 aromatic rings. The van der Waals surface area contributed by atoms with Crippen molar-refractivity contribution in [2.75, 3.05) is 0 Å². The van der Waals surface area contributed by atoms with Crippen LogP contribution in [0.25, 0.3) is 0 Å². The van der Waals surface area contributed by atoms with Gasteiger partial charge in [-0.1, -0.05) is 38.8 Å². The van der Waals surface area contributed by atoms with E-state index in [0.717, 1.165) is 0 Å². The molecule has 1 amide bonds. The van der Waals surface area contributed by atoms with E-state index in [-0.39, 0.29) is 5.92 Å². The lowest BCUT2D eigenvalue weighted by atomic mass is 10.0. The van der Waals surface area contributed by atoms with Gasteiger partial charge in [0, 0.05) is 0 Å². The average molecular weight is 299 g/mol. The Balaban J connectivity index is 2.93. The van der Waals surface area contributed by atoms with Crippen LogP contribution in [-0.4, -0.2) is 14.9 Å². The van der Waals surface area contributed by atoms with E-state index in [1.165, 1.54) is 0 Å². The molecule has 1 fully saturated rings. The predicted octanol–water partition coefficient (Wildman–Crippen LogP) is 1.18. The summed E-state index contributed by atoms with van der Waals surface area (Å²) in [5.41, 5.74) is 4.22. The number of carbonyl (C=O) groups is 2. The van der Waals surface area contributed by atoms with Crippen molar-refractivity contribution in [1.29, 1.82) is 0 Å². The topological polar surface area (TPSA) is 60.2 Å². The summed E-state index contributed by atoms with van der Waals surface area (Å²) >= 11 is 6.66. The number of Topliss-reactive ketones (excluding diaryl/α,β-unsaturated/α-hetero) is 1. The third kappa shape index (κ3) is 0.988. The first-order chi connectivity index (χ1) is 5.26. The molecule has 0 aromatic carbocycles. The van der Waals surface area contributed by atoms with Crippen molar-refractivity contribution in [3.8, 4) is 0 Å². The number of hydrogen-bond donors (Lipinski definition) is 1. The van der Waals surface area contributed by atoms with E-state index in [1.807, 2.05) is 6.92 Å². The standard InChI is InChI=1S/C7H9Br2NO2/c1-3-6(2,7(3,8)9)4(11)5(10)12/h3H,1-2H3,(H2,10,12). The van der Waals surface area contributed by atoms with Crippen molar-refractivity contribution in [1.82, 2.24) is 0 Å². The summed E-state index contributed by atoms with van der Waals surface area (Å²) in [5, 5.41) is 0. The van der Waals surface area contributed by atoms with Crippen LogP contribution in [0.3, 0.4) is 0 Å². The van der Waals surface area contributed by atoms with Crippen LogP contribution in [0.4, 0.5) is 0 Å². The monoisotopic (exact) mass is 297 g/mol. The molecular weight excluding hydrogens is 290 g/mol. The van der Waals surface area contributed by atoms with Gasteiger partial charge >= 0.3 is 0 Å². The van der Waals surface area contributed by atoms with E-state index in [2.05, 4.69) is 31.9 Å². The third-order valence-corrected chi connectivity index (χ3v) is 5.74. The van der Waals surface area contributed by atoms with E-state index in [1.54, 1.807) is 6.92 Å². The second kappa shape index (κ2) is 2.54. The minimum Gasteiger partial charge on any atom is -0.363 e. The fourth-order valence-electron chi connectivity index (χ4n) is 1.34. The van der Waals surface area contributed by atoms with Crippen molar-refractivity contribution < 1.29 is 9.59 Å². The van der Waals surface area contributed by atoms with Gasteiger partial charge in [-0.25, -0.2) is 0 Å². The van der Waals surface area contributed by atoms with Gasteiger partial charge in [0.15, 0.2) is 0 Å². The van der Waals surface area contributed by atoms with E-state index in [0.29, 0.717) is 0 Å². The van der Waals surface area contributed by atoms with Gasteiger partial charge in [-0.15, -0.1) is 0 Å². The number of nitrogens with two attached hydrogens (primary N) is 1. The van der Waals surface area contributed by atoms with E-state index in [4.69, 9.17) is 5.73 Å². The Hall–Kier alpha value is 0.1000. The van der Waals surface area contributed by atoms with Crippen LogP contribution in [0, 0.1) is 11.3 Å². The number of rotatable bonds is 2. The summed E-state index contributed by atoms with van der Waals surface area (Å²) in [6.07, 6.45) is 0. The normalized spacial score (nSPS) is 37.5. The van der Waals surface area contributed by atoms with Crippen LogP contribution in [-0.2, 0) is 9.59 Å². The second-order valence-electron chi connectivity index (χ2n) is 3.24. The molecule has 0 saturated heterocycles. The first-order valence-electron chi connectivity index (χ1n) is 3.48. The van der Waals surface area contributed by atoms with Crippen LogP contribution in [0.5, 0.6) is 0 Å². The lowest BCUT2D eigenvalue weighted by Gasteiger charge is -2.06. The first-order valence-corrected chi connectivity index (χ1v) is 5.07. The fraction of sp³-hybridized carbons (Fsp3) is 0.714. The Bertz CT molecular complexity index is 264. The molecule has 0 heterocycles. The highest BCUT2D eigenvalue weighted by atomic mass is 79.9. The fourth-order valence-corrected chi connectivity index (χ4v) is 3.07. The smallest absolute Gasteiger partial charge is 0.285 e. The number of halogens is 2. The zero-order valence-corrected chi connectivity index (χ0v) is 9.90. The van der Waals surface area contributed by atoms with E-state index in [9.17, 15) is 9.59 Å². The molecule has 0 radical (unpaired) electrons. The number of hydrogen-bond acceptors (Lipinski definition) is 2. The number of primary amides is 1. The van der Waals surface area contributed by atoms with Crippen molar-refractivity contribution in [2.45, 2.75) is 17.1 Å². The molecule has 2 N–H and O–H groups in total. The molecular formula is C7H9Br2NO2. The highest BCUT2D eigenvalue weighted by Crippen LogP contribution is 2.71. The molecule has 3 nitrogen and oxygen atoms in total. The SMILES string of the molecule is CC1C(Br)(Br)C1(C)C(=O)C(N)=O. The largest absolute Gasteiger partial charge is 0.363 e. The lowest BCUT2D eigenvalue weighted by molar-refractivity contribution is -0.139. The van der Waals surface area contributed by atoms with Crippen molar-refractivity contribution in [2.24, 2.45) is 17.1 Å². The molecule has 0 aromatic heterocycles. The minimum atomic E-state index is -0.870. The highest BCUT2D eigenvalue weighted by Gasteiger charge is 2.74. The summed E-state index contributed by atoms with van der Waals surface area (Å²) in [6, 6.07) is 0. The predicted molar refractivity (Wildman–Crippen MR) is 52.1 cm³/mol. The molecule has 1 aliphatic carbocycles. The number of ketones is 1. The molecule has 68 valence electrons. The zero-order chi connectivity index (χ0) is 9.73. The van der Waals surface area contributed by atoms with Crippen LogP contribution < -0.4 is 5.73 Å². The van der Waals surface area contributed by atoms with Gasteiger partial charge in [0.2, 0.25) is 5.78 Å². The molecule has 0 spiro atoms. The summed E-state index contributed by atoms with van der Waals surface area (Å²) < 4.78 is -0.459. The molecule has 2 atom stereocenters. The number of alkyl halides is 2. The van der Waals surface area contributed by atoms with Crippen LogP contribution in [0.1, 0.15) is 13.8 Å². The van der Waals surface area contributed by atoms with E-state index >= 15 is 0 Å². The van der Waals surface area contributed by atoms with Crippen molar-refractivity contribution >= 4 is 43.6 Å². The molecule has 1 saturated carbocycles. The summed E-state index contributed by atoms with van der Waals surface area (Å²) in [4.78, 5) is 22.0. The third-order valence-electron chi connectivity index (χ3n) is 2.71. The molecule has 12 heavy (non-hydrogen) atoms. The maximum atomic E-state index is 11.3. The maximum absolute atomic E-state index is 11.3. The van der Waals surface area contributed by atoms with Gasteiger partial charge < -0.3 is 5.73 Å². The molecule has 2 unspecified atom stereocenters. The average Bonchev–Trinajstić information content (AvgIpc) is 2.34. The van der Waals surface area contributed by atoms with E-state index < -0.39 is 20.3 Å². The first kappa shape index (κ1) is 10.2. The minimum absolute atomic E-state index is 0.0741. The quantitative estimate of drug-likeness (QED) is 0.615. The molecule has 1 aliphatic rings. The van der Waals surface area contributed by atoms with Gasteiger partial charge in [-0.3, -0.25) is 9.59 Å². The second-order valence-corrected chi connectivity index (χ2v) is 6.81. The lowest BCUT2D eigenvalue weighted by Crippen LogP contribution is -2.32. The zero-order valence-electron chi connectivity index (χ0n) is 6.73. The van der Waals surface area contributed by atoms with Gasteiger partial charge in [-0.2, -0.15) is 0 Å². The molecule has 1 rings (SSSR count). The van der Waals surface area contributed by atoms with Crippen LogP contribution in [0.15, 0.2) is 0 Å². The van der Waals surface area contributed by atoms with Gasteiger partial charge in [-0.05, 0) is 12.8 Å². The van der Waals surface area contributed by atoms with Gasteiger partial charge in [0.05, 0.1) is 8.65 Å². The Morgan fingerprint density at radius 2 is 1.75 bits per heavy atom. The van der Waals surface area contributed by atoms with Crippen molar-refractivity contribution in [3.63, 3.8) is 0 Å². The Morgan fingerprint density at radius 1 is 1.42 bits per heavy atom. The molecule has 0 bridgehead atoms. The van der Waals surface area contributed by atoms with Gasteiger partial charge in [0.25, 0.3) is 5.91 Å². The highest BCUT2D eigenvalue weighted by molar-refractivity contribution is 9.25. The number of amides is 1. The summed E-state index contributed by atoms with van der Waals surface area (Å²) in [6.45, 7) is 3.60. The summed E-state index contributed by atoms with van der Waals surface area (Å²) in [7, 11) is 0. The Kier molecular flexibility index (Phi) is 2.16. The Labute approximate surface area is 87.3 Å². The van der Waals surface area contributed by atoms with Crippen LogP contribution >= 0.6 is 31.9 Å². The van der Waals surface area contributed by atoms with Gasteiger partial charge in [0.1, 0.15) is 0 Å². The molecule has 0 aliphatic heterocycles. The van der Waals surface area contributed by atoms with Crippen LogP contribution in [0.2, 0.25) is 0 Å². The maximum Gasteiger partial charge on any atom is 0.285 e. The van der Waals surface area contributed by atoms with Crippen molar-refractivity contribution in [3.05, 3.63) is 0 Å². The summed E-state index contributed by atoms with van der Waals surface area (Å²) in [5.74, 6) is -1.32. The molecule has 5 heteroatoms.